The molecule has 6 heteroatoms. The maximum absolute atomic E-state index is 11.6. The fraction of sp³-hybridized carbons (Fsp3) is 0.200. The molecular formula is C10H9BrClNO3. The first kappa shape index (κ1) is 13.0. The molecule has 0 heterocycles. The number of carboxylic acids is 1. The maximum Gasteiger partial charge on any atom is 0.325 e. The lowest BCUT2D eigenvalue weighted by atomic mass is 10.2. The maximum atomic E-state index is 11.6. The number of aliphatic carboxylic acids is 1. The van der Waals surface area contributed by atoms with Crippen molar-refractivity contribution in [3.8, 4) is 0 Å². The Bertz CT molecular complexity index is 436. The first-order valence-corrected chi connectivity index (χ1v) is 5.57. The molecule has 1 unspecified atom stereocenters. The zero-order chi connectivity index (χ0) is 12.3. The zero-order valence-corrected chi connectivity index (χ0v) is 10.7. The minimum absolute atomic E-state index is 0.351. The highest BCUT2D eigenvalue weighted by Gasteiger charge is 2.15. The van der Waals surface area contributed by atoms with E-state index in [4.69, 9.17) is 16.7 Å². The molecule has 0 aliphatic carbocycles. The van der Waals surface area contributed by atoms with E-state index in [0.29, 0.717) is 15.1 Å². The van der Waals surface area contributed by atoms with E-state index in [2.05, 4.69) is 21.2 Å². The summed E-state index contributed by atoms with van der Waals surface area (Å²) in [5.41, 5.74) is 0.351. The zero-order valence-electron chi connectivity index (χ0n) is 8.33. The van der Waals surface area contributed by atoms with Gasteiger partial charge < -0.3 is 10.4 Å². The van der Waals surface area contributed by atoms with E-state index < -0.39 is 17.9 Å². The molecule has 2 N–H and O–H groups in total. The second-order valence-corrected chi connectivity index (χ2v) is 4.42. The van der Waals surface area contributed by atoms with Crippen LogP contribution in [0.5, 0.6) is 0 Å². The average molecular weight is 307 g/mol. The van der Waals surface area contributed by atoms with Crippen LogP contribution in [0.15, 0.2) is 22.7 Å². The van der Waals surface area contributed by atoms with Crippen molar-refractivity contribution in [2.45, 2.75) is 13.0 Å². The fourth-order valence-corrected chi connectivity index (χ4v) is 1.48. The molecule has 1 atom stereocenters. The molecule has 86 valence electrons. The summed E-state index contributed by atoms with van der Waals surface area (Å²) < 4.78 is 0.588. The molecule has 1 aromatic carbocycles. The van der Waals surface area contributed by atoms with Crippen molar-refractivity contribution < 1.29 is 14.7 Å². The number of nitrogens with one attached hydrogen (secondary N) is 1. The van der Waals surface area contributed by atoms with Crippen molar-refractivity contribution in [1.82, 2.24) is 5.32 Å². The highest BCUT2D eigenvalue weighted by atomic mass is 79.9. The second kappa shape index (κ2) is 5.32. The number of carboxylic acid groups (broad SMARTS) is 1. The van der Waals surface area contributed by atoms with E-state index in [9.17, 15) is 9.59 Å². The van der Waals surface area contributed by atoms with E-state index in [-0.39, 0.29) is 0 Å². The van der Waals surface area contributed by atoms with Gasteiger partial charge in [0.15, 0.2) is 0 Å². The van der Waals surface area contributed by atoms with Gasteiger partial charge in [0.2, 0.25) is 0 Å². The van der Waals surface area contributed by atoms with Crippen LogP contribution in [0.2, 0.25) is 5.02 Å². The van der Waals surface area contributed by atoms with Gasteiger partial charge in [-0.15, -0.1) is 0 Å². The number of hydrogen-bond acceptors (Lipinski definition) is 2. The summed E-state index contributed by atoms with van der Waals surface area (Å²) >= 11 is 8.95. The van der Waals surface area contributed by atoms with E-state index in [1.54, 1.807) is 6.07 Å². The number of hydrogen-bond donors (Lipinski definition) is 2. The number of carbonyl (C=O) groups excluding carboxylic acids is 1. The minimum atomic E-state index is -1.08. The third kappa shape index (κ3) is 3.21. The number of halogens is 2. The lowest BCUT2D eigenvalue weighted by molar-refractivity contribution is -0.138. The van der Waals surface area contributed by atoms with Gasteiger partial charge in [0.1, 0.15) is 6.04 Å². The van der Waals surface area contributed by atoms with Crippen LogP contribution in [-0.4, -0.2) is 23.0 Å². The summed E-state index contributed by atoms with van der Waals surface area (Å²) in [5, 5.41) is 11.5. The Hall–Kier alpha value is -1.07. The predicted molar refractivity (Wildman–Crippen MR) is 63.7 cm³/mol. The largest absolute Gasteiger partial charge is 0.480 e. The van der Waals surface area contributed by atoms with Gasteiger partial charge in [0.25, 0.3) is 5.91 Å². The van der Waals surface area contributed by atoms with Crippen LogP contribution in [0.4, 0.5) is 0 Å². The van der Waals surface area contributed by atoms with E-state index in [0.717, 1.165) is 0 Å². The van der Waals surface area contributed by atoms with Gasteiger partial charge in [-0.1, -0.05) is 11.6 Å². The van der Waals surface area contributed by atoms with Gasteiger partial charge in [-0.3, -0.25) is 9.59 Å². The molecule has 0 bridgehead atoms. The Kier molecular flexibility index (Phi) is 4.32. The van der Waals surface area contributed by atoms with Crippen LogP contribution >= 0.6 is 27.5 Å². The van der Waals surface area contributed by atoms with Gasteiger partial charge in [0, 0.05) is 10.0 Å². The van der Waals surface area contributed by atoms with E-state index >= 15 is 0 Å². The molecule has 1 amide bonds. The third-order valence-corrected chi connectivity index (χ3v) is 3.11. The highest BCUT2D eigenvalue weighted by Crippen LogP contribution is 2.23. The lowest BCUT2D eigenvalue weighted by Gasteiger charge is -2.09. The van der Waals surface area contributed by atoms with Crippen LogP contribution in [-0.2, 0) is 4.79 Å². The fourth-order valence-electron chi connectivity index (χ4n) is 0.979. The molecule has 16 heavy (non-hydrogen) atoms. The first-order valence-electron chi connectivity index (χ1n) is 4.40. The van der Waals surface area contributed by atoms with Crippen LogP contribution in [0.25, 0.3) is 0 Å². The Balaban J connectivity index is 2.81. The molecule has 1 aromatic rings. The molecule has 0 radical (unpaired) electrons. The third-order valence-electron chi connectivity index (χ3n) is 1.90. The van der Waals surface area contributed by atoms with Crippen molar-refractivity contribution in [3.63, 3.8) is 0 Å². The summed E-state index contributed by atoms with van der Waals surface area (Å²) in [6.45, 7) is 1.39. The molecule has 0 saturated heterocycles. The quantitative estimate of drug-likeness (QED) is 0.900. The number of carbonyl (C=O) groups is 2. The smallest absolute Gasteiger partial charge is 0.325 e. The standard InChI is InChI=1S/C10H9BrClNO3/c1-5(10(15)16)13-9(14)6-2-3-8(12)7(11)4-6/h2-5H,1H3,(H,13,14)(H,15,16). The summed E-state index contributed by atoms with van der Waals surface area (Å²) in [6, 6.07) is 3.69. The van der Waals surface area contributed by atoms with E-state index in [1.807, 2.05) is 0 Å². The number of amides is 1. The monoisotopic (exact) mass is 305 g/mol. The molecular weight excluding hydrogens is 297 g/mol. The van der Waals surface area contributed by atoms with Crippen LogP contribution in [0, 0.1) is 0 Å². The van der Waals surface area contributed by atoms with Gasteiger partial charge >= 0.3 is 5.97 Å². The van der Waals surface area contributed by atoms with Crippen LogP contribution in [0.1, 0.15) is 17.3 Å². The molecule has 0 aliphatic rings. The molecule has 0 aromatic heterocycles. The molecule has 0 fully saturated rings. The van der Waals surface area contributed by atoms with Gasteiger partial charge in [-0.2, -0.15) is 0 Å². The second-order valence-electron chi connectivity index (χ2n) is 3.16. The Morgan fingerprint density at radius 3 is 2.62 bits per heavy atom. The summed E-state index contributed by atoms with van der Waals surface area (Å²) in [5.74, 6) is -1.53. The van der Waals surface area contributed by atoms with Gasteiger partial charge in [0.05, 0.1) is 5.02 Å². The summed E-state index contributed by atoms with van der Waals surface area (Å²) in [6.07, 6.45) is 0. The van der Waals surface area contributed by atoms with Gasteiger partial charge in [-0.25, -0.2) is 0 Å². The highest BCUT2D eigenvalue weighted by molar-refractivity contribution is 9.10. The van der Waals surface area contributed by atoms with Crippen LogP contribution < -0.4 is 5.32 Å². The number of benzene rings is 1. The van der Waals surface area contributed by atoms with Gasteiger partial charge in [-0.05, 0) is 41.1 Å². The Morgan fingerprint density at radius 1 is 1.50 bits per heavy atom. The lowest BCUT2D eigenvalue weighted by Crippen LogP contribution is -2.38. The van der Waals surface area contributed by atoms with Crippen molar-refractivity contribution in [3.05, 3.63) is 33.3 Å². The van der Waals surface area contributed by atoms with Crippen molar-refractivity contribution in [2.75, 3.05) is 0 Å². The van der Waals surface area contributed by atoms with Crippen molar-refractivity contribution >= 4 is 39.4 Å². The topological polar surface area (TPSA) is 66.4 Å². The van der Waals surface area contributed by atoms with Crippen molar-refractivity contribution in [2.24, 2.45) is 0 Å². The number of rotatable bonds is 3. The first-order chi connectivity index (χ1) is 7.41. The summed E-state index contributed by atoms with van der Waals surface area (Å²) in [4.78, 5) is 22.1. The van der Waals surface area contributed by atoms with E-state index in [1.165, 1.54) is 19.1 Å². The molecule has 0 spiro atoms. The molecule has 0 saturated carbocycles. The molecule has 4 nitrogen and oxygen atoms in total. The molecule has 1 rings (SSSR count). The SMILES string of the molecule is CC(NC(=O)c1ccc(Cl)c(Br)c1)C(=O)O. The Labute approximate surface area is 106 Å². The normalized spacial score (nSPS) is 11.9. The minimum Gasteiger partial charge on any atom is -0.480 e. The summed E-state index contributed by atoms with van der Waals surface area (Å²) in [7, 11) is 0. The predicted octanol–water partition coefficient (Wildman–Crippen LogP) is 2.31. The van der Waals surface area contributed by atoms with Crippen LogP contribution in [0.3, 0.4) is 0 Å². The Morgan fingerprint density at radius 2 is 2.12 bits per heavy atom. The average Bonchev–Trinajstić information content (AvgIpc) is 2.21. The molecule has 0 aliphatic heterocycles. The van der Waals surface area contributed by atoms with Crippen molar-refractivity contribution in [1.29, 1.82) is 0 Å².